The molecule has 2 N–H and O–H groups in total. The number of halogens is 1. The molecule has 0 spiro atoms. The number of phenolic OH excluding ortho intramolecular Hbond substituents is 1. The zero-order chi connectivity index (χ0) is 22.5. The molecule has 2 unspecified atom stereocenters. The maximum Gasteiger partial charge on any atom is 0.134 e. The van der Waals surface area contributed by atoms with Gasteiger partial charge in [-0.3, -0.25) is 4.90 Å². The number of phenols is 1. The summed E-state index contributed by atoms with van der Waals surface area (Å²) < 4.78 is 0. The number of aromatic hydroxyl groups is 1. The van der Waals surface area contributed by atoms with E-state index in [-0.39, 0.29) is 5.75 Å². The fourth-order valence-corrected chi connectivity index (χ4v) is 4.70. The van der Waals surface area contributed by atoms with Gasteiger partial charge in [-0.2, -0.15) is 0 Å². The van der Waals surface area contributed by atoms with Gasteiger partial charge >= 0.3 is 0 Å². The van der Waals surface area contributed by atoms with Gasteiger partial charge in [-0.05, 0) is 62.1 Å². The predicted molar refractivity (Wildman–Crippen MR) is 130 cm³/mol. The molecule has 0 bridgehead atoms. The molecular weight excluding hydrogens is 420 g/mol. The van der Waals surface area contributed by atoms with Gasteiger partial charge in [0.2, 0.25) is 0 Å². The van der Waals surface area contributed by atoms with E-state index in [1.807, 2.05) is 24.4 Å². The normalized spacial score (nSPS) is 19.2. The molecule has 1 fully saturated rings. The fourth-order valence-electron chi connectivity index (χ4n) is 4.49. The molecule has 2 atom stereocenters. The molecule has 6 heteroatoms. The Kier molecular flexibility index (Phi) is 7.40. The van der Waals surface area contributed by atoms with Crippen LogP contribution in [0.3, 0.4) is 0 Å². The average molecular weight is 451 g/mol. The molecule has 2 aromatic carbocycles. The fraction of sp³-hybridized carbons (Fsp3) is 0.385. The molecule has 3 aromatic rings. The summed E-state index contributed by atoms with van der Waals surface area (Å²) in [6.45, 7) is 7.59. The molecule has 0 aliphatic carbocycles. The molecule has 0 radical (unpaired) electrons. The van der Waals surface area contributed by atoms with E-state index in [4.69, 9.17) is 16.6 Å². The van der Waals surface area contributed by atoms with Crippen molar-refractivity contribution < 1.29 is 5.11 Å². The Morgan fingerprint density at radius 3 is 2.62 bits per heavy atom. The Balaban J connectivity index is 1.39. The van der Waals surface area contributed by atoms with Crippen LogP contribution >= 0.6 is 11.6 Å². The van der Waals surface area contributed by atoms with Crippen LogP contribution in [0.15, 0.2) is 54.7 Å². The molecular formula is C26H31ClN4O. The Morgan fingerprint density at radius 2 is 1.84 bits per heavy atom. The summed E-state index contributed by atoms with van der Waals surface area (Å²) in [5.74, 6) is 0.970. The van der Waals surface area contributed by atoms with Crippen LogP contribution < -0.4 is 5.32 Å². The zero-order valence-electron chi connectivity index (χ0n) is 18.8. The van der Waals surface area contributed by atoms with E-state index in [0.717, 1.165) is 61.5 Å². The van der Waals surface area contributed by atoms with Crippen molar-refractivity contribution in [1.29, 1.82) is 0 Å². The highest BCUT2D eigenvalue weighted by molar-refractivity contribution is 6.32. The molecule has 0 amide bonds. The Bertz CT molecular complexity index is 1050. The zero-order valence-corrected chi connectivity index (χ0v) is 19.5. The van der Waals surface area contributed by atoms with E-state index in [1.165, 1.54) is 5.56 Å². The lowest BCUT2D eigenvalue weighted by Crippen LogP contribution is -2.53. The maximum atomic E-state index is 9.56. The summed E-state index contributed by atoms with van der Waals surface area (Å²) in [7, 11) is 0. The summed E-state index contributed by atoms with van der Waals surface area (Å²) in [4.78, 5) is 11.8. The number of hydrogen-bond donors (Lipinski definition) is 2. The van der Waals surface area contributed by atoms with Crippen molar-refractivity contribution >= 4 is 11.6 Å². The van der Waals surface area contributed by atoms with Crippen LogP contribution in [0, 0.1) is 0 Å². The second-order valence-electron chi connectivity index (χ2n) is 8.86. The first-order chi connectivity index (χ1) is 15.5. The minimum atomic E-state index is 0.120. The van der Waals surface area contributed by atoms with E-state index in [0.29, 0.717) is 17.1 Å². The lowest BCUT2D eigenvalue weighted by atomic mass is 10.1. The van der Waals surface area contributed by atoms with E-state index in [1.54, 1.807) is 6.07 Å². The number of aryl methyl sites for hydroxylation is 2. The first kappa shape index (κ1) is 22.7. The Hall–Kier alpha value is -2.47. The molecule has 1 aliphatic heterocycles. The van der Waals surface area contributed by atoms with Crippen molar-refractivity contribution in [3.63, 3.8) is 0 Å². The van der Waals surface area contributed by atoms with Gasteiger partial charge in [-0.15, -0.1) is 0 Å². The number of nitrogens with zero attached hydrogens (tertiary/aromatic N) is 3. The maximum absolute atomic E-state index is 9.56. The van der Waals surface area contributed by atoms with Gasteiger partial charge in [0.05, 0.1) is 10.7 Å². The number of piperazine rings is 1. The molecule has 0 saturated carbocycles. The second-order valence-corrected chi connectivity index (χ2v) is 9.27. The average Bonchev–Trinajstić information content (AvgIpc) is 2.76. The van der Waals surface area contributed by atoms with Crippen LogP contribution in [-0.4, -0.2) is 45.1 Å². The Morgan fingerprint density at radius 1 is 1.03 bits per heavy atom. The van der Waals surface area contributed by atoms with E-state index in [9.17, 15) is 5.11 Å². The number of aromatic nitrogens is 2. The van der Waals surface area contributed by atoms with Gasteiger partial charge in [0, 0.05) is 49.9 Å². The van der Waals surface area contributed by atoms with E-state index in [2.05, 4.69) is 53.3 Å². The lowest BCUT2D eigenvalue weighted by molar-refractivity contribution is 0.166. The third-order valence-corrected chi connectivity index (χ3v) is 6.15. The SMILES string of the molecule is CC1CN(Cc2cccc(-c3ccnc(CCCc4ccc(O)c(Cl)c4)n3)c2)CC(C)N1. The summed E-state index contributed by atoms with van der Waals surface area (Å²) in [5.41, 5.74) is 4.51. The molecule has 5 nitrogen and oxygen atoms in total. The molecule has 32 heavy (non-hydrogen) atoms. The molecule has 4 rings (SSSR count). The smallest absolute Gasteiger partial charge is 0.134 e. The topological polar surface area (TPSA) is 61.3 Å². The van der Waals surface area contributed by atoms with Crippen LogP contribution in [0.2, 0.25) is 5.02 Å². The molecule has 1 aromatic heterocycles. The highest BCUT2D eigenvalue weighted by Gasteiger charge is 2.20. The monoisotopic (exact) mass is 450 g/mol. The first-order valence-corrected chi connectivity index (χ1v) is 11.7. The minimum Gasteiger partial charge on any atom is -0.506 e. The number of benzene rings is 2. The third-order valence-electron chi connectivity index (χ3n) is 5.85. The third kappa shape index (κ3) is 6.06. The highest BCUT2D eigenvalue weighted by atomic mass is 35.5. The van der Waals surface area contributed by atoms with Crippen LogP contribution in [0.1, 0.15) is 37.2 Å². The van der Waals surface area contributed by atoms with Crippen LogP contribution in [0.4, 0.5) is 0 Å². The van der Waals surface area contributed by atoms with Crippen LogP contribution in [0.25, 0.3) is 11.3 Å². The molecule has 2 heterocycles. The van der Waals surface area contributed by atoms with Gasteiger partial charge in [0.1, 0.15) is 11.6 Å². The Labute approximate surface area is 195 Å². The van der Waals surface area contributed by atoms with Gasteiger partial charge < -0.3 is 10.4 Å². The van der Waals surface area contributed by atoms with Gasteiger partial charge in [0.25, 0.3) is 0 Å². The van der Waals surface area contributed by atoms with Crippen molar-refractivity contribution in [1.82, 2.24) is 20.2 Å². The van der Waals surface area contributed by atoms with Gasteiger partial charge in [0.15, 0.2) is 0 Å². The summed E-state index contributed by atoms with van der Waals surface area (Å²) >= 11 is 6.01. The van der Waals surface area contributed by atoms with Crippen molar-refractivity contribution in [2.75, 3.05) is 13.1 Å². The number of nitrogens with one attached hydrogen (secondary N) is 1. The van der Waals surface area contributed by atoms with Crippen molar-refractivity contribution in [2.45, 2.75) is 51.7 Å². The van der Waals surface area contributed by atoms with Crippen LogP contribution in [-0.2, 0) is 19.4 Å². The summed E-state index contributed by atoms with van der Waals surface area (Å²) in [6, 6.07) is 17.1. The highest BCUT2D eigenvalue weighted by Crippen LogP contribution is 2.24. The molecule has 1 saturated heterocycles. The van der Waals surface area contributed by atoms with Crippen molar-refractivity contribution in [2.24, 2.45) is 0 Å². The van der Waals surface area contributed by atoms with E-state index >= 15 is 0 Å². The second kappa shape index (κ2) is 10.4. The minimum absolute atomic E-state index is 0.120. The summed E-state index contributed by atoms with van der Waals surface area (Å²) in [5, 5.41) is 13.6. The first-order valence-electron chi connectivity index (χ1n) is 11.3. The predicted octanol–water partition coefficient (Wildman–Crippen LogP) is 4.86. The lowest BCUT2D eigenvalue weighted by Gasteiger charge is -2.36. The quantitative estimate of drug-likeness (QED) is 0.538. The number of rotatable bonds is 7. The van der Waals surface area contributed by atoms with Gasteiger partial charge in [-0.25, -0.2) is 9.97 Å². The molecule has 168 valence electrons. The summed E-state index contributed by atoms with van der Waals surface area (Å²) in [6.07, 6.45) is 4.43. The van der Waals surface area contributed by atoms with Crippen LogP contribution in [0.5, 0.6) is 5.75 Å². The van der Waals surface area contributed by atoms with Gasteiger partial charge in [-0.1, -0.05) is 35.9 Å². The standard InChI is InChI=1S/C26H31ClN4O/c1-18-15-31(16-19(2)29-18)17-21-6-3-7-22(13-21)24-11-12-28-26(30-24)8-4-5-20-9-10-25(32)23(27)14-20/h3,6-7,9-14,18-19,29,32H,4-5,8,15-17H2,1-2H3. The van der Waals surface area contributed by atoms with Crippen molar-refractivity contribution in [3.05, 3.63) is 76.7 Å². The van der Waals surface area contributed by atoms with Crippen molar-refractivity contribution in [3.8, 4) is 17.0 Å². The largest absolute Gasteiger partial charge is 0.506 e. The van der Waals surface area contributed by atoms with E-state index < -0.39 is 0 Å². The molecule has 1 aliphatic rings. The number of hydrogen-bond acceptors (Lipinski definition) is 5.